The minimum atomic E-state index is -0.200. The predicted molar refractivity (Wildman–Crippen MR) is 66.9 cm³/mol. The predicted octanol–water partition coefficient (Wildman–Crippen LogP) is 2.34. The number of anilines is 1. The Morgan fingerprint density at radius 1 is 1.47 bits per heavy atom. The molecule has 0 aromatic carbocycles. The van der Waals surface area contributed by atoms with Crippen LogP contribution < -0.4 is 11.3 Å². The number of aromatic amines is 1. The summed E-state index contributed by atoms with van der Waals surface area (Å²) in [5, 5.41) is 0.863. The lowest BCUT2D eigenvalue weighted by atomic mass is 10.2. The van der Waals surface area contributed by atoms with Crippen molar-refractivity contribution in [2.75, 3.05) is 5.73 Å². The minimum absolute atomic E-state index is 0.200. The third-order valence-corrected chi connectivity index (χ3v) is 3.76. The van der Waals surface area contributed by atoms with Crippen molar-refractivity contribution in [3.63, 3.8) is 0 Å². The number of nitrogens with zero attached hydrogens (tertiary/aromatic N) is 1. The van der Waals surface area contributed by atoms with Crippen molar-refractivity contribution in [3.05, 3.63) is 30.9 Å². The van der Waals surface area contributed by atoms with Gasteiger partial charge in [-0.15, -0.1) is 0 Å². The maximum atomic E-state index is 11.5. The van der Waals surface area contributed by atoms with Crippen LogP contribution in [-0.2, 0) is 0 Å². The highest BCUT2D eigenvalue weighted by atomic mass is 79.9. The number of nitrogen functional groups attached to an aromatic ring is 1. The molecule has 0 amide bonds. The van der Waals surface area contributed by atoms with Gasteiger partial charge in [0.1, 0.15) is 11.5 Å². The number of hydrogen-bond acceptors (Lipinski definition) is 3. The van der Waals surface area contributed by atoms with E-state index in [0.717, 1.165) is 15.4 Å². The fourth-order valence-corrected chi connectivity index (χ4v) is 1.97. The van der Waals surface area contributed by atoms with Crippen LogP contribution in [0.5, 0.6) is 0 Å². The van der Waals surface area contributed by atoms with E-state index in [9.17, 15) is 4.79 Å². The summed E-state index contributed by atoms with van der Waals surface area (Å²) in [6.07, 6.45) is 0. The highest BCUT2D eigenvalue weighted by Gasteiger charge is 2.09. The molecule has 2 heterocycles. The zero-order valence-electron chi connectivity index (χ0n) is 7.77. The van der Waals surface area contributed by atoms with Crippen molar-refractivity contribution in [2.24, 2.45) is 0 Å². The molecule has 2 aromatic rings. The van der Waals surface area contributed by atoms with Crippen LogP contribution in [0.4, 0.5) is 5.82 Å². The Morgan fingerprint density at radius 3 is 2.80 bits per heavy atom. The smallest absolute Gasteiger partial charge is 0.264 e. The van der Waals surface area contributed by atoms with Crippen molar-refractivity contribution in [2.45, 2.75) is 6.92 Å². The van der Waals surface area contributed by atoms with Crippen molar-refractivity contribution in [1.29, 1.82) is 0 Å². The van der Waals surface area contributed by atoms with Gasteiger partial charge in [-0.2, -0.15) is 0 Å². The average Bonchev–Trinajstić information content (AvgIpc) is 2.19. The quantitative estimate of drug-likeness (QED) is 0.777. The van der Waals surface area contributed by atoms with Crippen LogP contribution in [0, 0.1) is 6.92 Å². The minimum Gasteiger partial charge on any atom is -0.383 e. The molecule has 0 radical (unpaired) electrons. The van der Waals surface area contributed by atoms with E-state index in [1.54, 1.807) is 0 Å². The van der Waals surface area contributed by atoms with E-state index in [-0.39, 0.29) is 5.56 Å². The first-order valence-electron chi connectivity index (χ1n) is 4.15. The lowest BCUT2D eigenvalue weighted by molar-refractivity contribution is 1.19. The van der Waals surface area contributed by atoms with E-state index in [4.69, 9.17) is 5.73 Å². The summed E-state index contributed by atoms with van der Waals surface area (Å²) in [6.45, 7) is 1.85. The van der Waals surface area contributed by atoms with E-state index in [2.05, 4.69) is 41.8 Å². The van der Waals surface area contributed by atoms with Crippen molar-refractivity contribution in [3.8, 4) is 0 Å². The molecule has 0 saturated carbocycles. The molecule has 4 nitrogen and oxygen atoms in total. The molecule has 2 aromatic heterocycles. The van der Waals surface area contributed by atoms with Crippen LogP contribution in [0.15, 0.2) is 19.8 Å². The number of nitrogens with two attached hydrogens (primary N) is 1. The summed E-state index contributed by atoms with van der Waals surface area (Å²) in [4.78, 5) is 18.2. The van der Waals surface area contributed by atoms with Gasteiger partial charge in [-0.25, -0.2) is 4.98 Å². The molecule has 0 bridgehead atoms. The normalized spacial score (nSPS) is 10.9. The zero-order chi connectivity index (χ0) is 11.2. The van der Waals surface area contributed by atoms with Gasteiger partial charge in [0.2, 0.25) is 0 Å². The van der Waals surface area contributed by atoms with E-state index >= 15 is 0 Å². The van der Waals surface area contributed by atoms with E-state index in [1.165, 1.54) is 0 Å². The van der Waals surface area contributed by atoms with Crippen LogP contribution in [0.2, 0.25) is 0 Å². The molecule has 2 rings (SSSR count). The summed E-state index contributed by atoms with van der Waals surface area (Å²) in [5.41, 5.74) is 6.78. The van der Waals surface area contributed by atoms with Gasteiger partial charge >= 0.3 is 0 Å². The second kappa shape index (κ2) is 3.61. The molecule has 0 atom stereocenters. The molecule has 78 valence electrons. The lowest BCUT2D eigenvalue weighted by Crippen LogP contribution is -2.10. The monoisotopic (exact) mass is 331 g/mol. The number of rotatable bonds is 0. The molecule has 15 heavy (non-hydrogen) atoms. The van der Waals surface area contributed by atoms with E-state index in [1.807, 2.05) is 13.0 Å². The van der Waals surface area contributed by atoms with Crippen molar-refractivity contribution in [1.82, 2.24) is 9.97 Å². The van der Waals surface area contributed by atoms with Crippen molar-refractivity contribution >= 4 is 48.7 Å². The second-order valence-corrected chi connectivity index (χ2v) is 4.79. The number of halogens is 2. The van der Waals surface area contributed by atoms with Crippen LogP contribution in [-0.4, -0.2) is 9.97 Å². The molecule has 6 heteroatoms. The maximum Gasteiger partial charge on any atom is 0.264 e. The first kappa shape index (κ1) is 10.6. The Labute approximate surface area is 102 Å². The average molecular weight is 333 g/mol. The third kappa shape index (κ3) is 1.68. The number of H-pyrrole nitrogens is 1. The Bertz CT molecular complexity index is 606. The summed E-state index contributed by atoms with van der Waals surface area (Å²) in [7, 11) is 0. The Morgan fingerprint density at radius 2 is 2.13 bits per heavy atom. The highest BCUT2D eigenvalue weighted by molar-refractivity contribution is 9.11. The van der Waals surface area contributed by atoms with Crippen LogP contribution in [0.3, 0.4) is 0 Å². The summed E-state index contributed by atoms with van der Waals surface area (Å²) in [6, 6.07) is 1.84. The zero-order valence-corrected chi connectivity index (χ0v) is 10.9. The highest BCUT2D eigenvalue weighted by Crippen LogP contribution is 2.25. The summed E-state index contributed by atoms with van der Waals surface area (Å²) < 4.78 is 1.24. The van der Waals surface area contributed by atoms with Crippen LogP contribution in [0.1, 0.15) is 5.56 Å². The van der Waals surface area contributed by atoms with Crippen LogP contribution >= 0.6 is 31.9 Å². The van der Waals surface area contributed by atoms with Crippen molar-refractivity contribution < 1.29 is 0 Å². The van der Waals surface area contributed by atoms with Gasteiger partial charge in [0.15, 0.2) is 0 Å². The molecule has 0 unspecified atom stereocenters. The first-order chi connectivity index (χ1) is 7.00. The molecule has 3 N–H and O–H groups in total. The van der Waals surface area contributed by atoms with Gasteiger partial charge in [0.05, 0.1) is 8.95 Å². The standard InChI is InChI=1S/C9H7Br2N3O/c1-3-4-2-5(10)7(12)13-8(4)14-9(15)6(3)11/h2H,1H3,(H3,12,13,14,15). The molecule has 0 aliphatic heterocycles. The second-order valence-electron chi connectivity index (χ2n) is 3.14. The van der Waals surface area contributed by atoms with Gasteiger partial charge in [-0.05, 0) is 50.4 Å². The third-order valence-electron chi connectivity index (χ3n) is 2.17. The SMILES string of the molecule is Cc1c(Br)c(=O)[nH]c2nc(N)c(Br)cc12. The lowest BCUT2D eigenvalue weighted by Gasteiger charge is -2.05. The molecule has 0 saturated heterocycles. The fraction of sp³-hybridized carbons (Fsp3) is 0.111. The molecule has 0 fully saturated rings. The maximum absolute atomic E-state index is 11.5. The number of pyridine rings is 2. The summed E-state index contributed by atoms with van der Waals surface area (Å²) >= 11 is 6.52. The Kier molecular flexibility index (Phi) is 2.56. The first-order valence-corrected chi connectivity index (χ1v) is 5.73. The van der Waals surface area contributed by atoms with Gasteiger partial charge < -0.3 is 10.7 Å². The summed E-state index contributed by atoms with van der Waals surface area (Å²) in [5.74, 6) is 0.361. The fourth-order valence-electron chi connectivity index (χ4n) is 1.34. The molecule has 0 aliphatic carbocycles. The molecular weight excluding hydrogens is 326 g/mol. The number of aryl methyl sites for hydroxylation is 1. The number of hydrogen-bond donors (Lipinski definition) is 2. The van der Waals surface area contributed by atoms with Gasteiger partial charge in [0.25, 0.3) is 5.56 Å². The molecule has 0 spiro atoms. The molecular formula is C9H7Br2N3O. The molecule has 0 aliphatic rings. The Hall–Kier alpha value is -0.880. The van der Waals surface area contributed by atoms with Gasteiger partial charge in [0, 0.05) is 5.39 Å². The van der Waals surface area contributed by atoms with E-state index in [0.29, 0.717) is 15.9 Å². The number of nitrogens with one attached hydrogen (secondary N) is 1. The van der Waals surface area contributed by atoms with Crippen LogP contribution in [0.25, 0.3) is 11.0 Å². The Balaban J connectivity index is 3.00. The number of fused-ring (bicyclic) bond motifs is 1. The number of aromatic nitrogens is 2. The van der Waals surface area contributed by atoms with Gasteiger partial charge in [-0.3, -0.25) is 4.79 Å². The van der Waals surface area contributed by atoms with Gasteiger partial charge in [-0.1, -0.05) is 0 Å². The topological polar surface area (TPSA) is 71.8 Å². The van der Waals surface area contributed by atoms with E-state index < -0.39 is 0 Å². The largest absolute Gasteiger partial charge is 0.383 e.